The second-order valence-electron chi connectivity index (χ2n) is 3.54. The molecule has 0 aromatic rings. The molecule has 0 radical (unpaired) electrons. The van der Waals surface area contributed by atoms with Crippen LogP contribution in [0.25, 0.3) is 0 Å². The zero-order valence-electron chi connectivity index (χ0n) is 7.39. The van der Waals surface area contributed by atoms with Crippen molar-refractivity contribution in [1.29, 1.82) is 0 Å². The van der Waals surface area contributed by atoms with Gasteiger partial charge in [0.05, 0.1) is 0 Å². The minimum absolute atomic E-state index is 0.198. The molecule has 0 bridgehead atoms. The number of carbonyl (C=O) groups is 1. The van der Waals surface area contributed by atoms with E-state index in [9.17, 15) is 4.79 Å². The smallest absolute Gasteiger partial charge is 0.219 e. The number of hydrogen-bond donors (Lipinski definition) is 1. The first-order valence-corrected chi connectivity index (χ1v) is 4.51. The maximum absolute atomic E-state index is 11.0. The average Bonchev–Trinajstić information content (AvgIpc) is 2.35. The summed E-state index contributed by atoms with van der Waals surface area (Å²) in [5, 5.41) is 3.02. The van der Waals surface area contributed by atoms with Crippen LogP contribution in [0.2, 0.25) is 0 Å². The van der Waals surface area contributed by atoms with Gasteiger partial charge in [0.1, 0.15) is 0 Å². The van der Waals surface area contributed by atoms with Crippen molar-refractivity contribution in [3.8, 4) is 0 Å². The van der Waals surface area contributed by atoms with Crippen molar-refractivity contribution in [3.63, 3.8) is 0 Å². The van der Waals surface area contributed by atoms with E-state index in [1.165, 1.54) is 19.3 Å². The molecular weight excluding hydrogens is 138 g/mol. The van der Waals surface area contributed by atoms with Gasteiger partial charge in [-0.3, -0.25) is 4.79 Å². The van der Waals surface area contributed by atoms with E-state index >= 15 is 0 Å². The molecule has 2 atom stereocenters. The summed E-state index contributed by atoms with van der Waals surface area (Å²) < 4.78 is 0. The molecule has 2 nitrogen and oxygen atoms in total. The van der Waals surface area contributed by atoms with Gasteiger partial charge in [0, 0.05) is 12.5 Å². The number of amides is 1. The molecule has 1 N–H and O–H groups in total. The first-order chi connectivity index (χ1) is 5.22. The molecule has 1 amide bonds. The van der Waals surface area contributed by atoms with Gasteiger partial charge in [-0.2, -0.15) is 0 Å². The minimum atomic E-state index is 0.198. The van der Waals surface area contributed by atoms with Crippen LogP contribution in [0.4, 0.5) is 0 Å². The van der Waals surface area contributed by atoms with Gasteiger partial charge in [0.25, 0.3) is 0 Å². The molecule has 1 saturated carbocycles. The first kappa shape index (κ1) is 8.57. The Morgan fingerprint density at radius 3 is 2.73 bits per heavy atom. The van der Waals surface area contributed by atoms with Crippen LogP contribution in [0.15, 0.2) is 0 Å². The van der Waals surface area contributed by atoms with E-state index < -0.39 is 0 Å². The van der Waals surface area contributed by atoms with E-state index in [0.717, 1.165) is 5.92 Å². The fraction of sp³-hybridized carbons (Fsp3) is 0.889. The van der Waals surface area contributed by atoms with Gasteiger partial charge in [-0.05, 0) is 25.2 Å². The summed E-state index contributed by atoms with van der Waals surface area (Å²) in [7, 11) is 0. The third-order valence-electron chi connectivity index (χ3n) is 2.38. The van der Waals surface area contributed by atoms with Crippen molar-refractivity contribution in [2.45, 2.75) is 45.6 Å². The van der Waals surface area contributed by atoms with Gasteiger partial charge in [-0.15, -0.1) is 0 Å². The van der Waals surface area contributed by atoms with Crippen LogP contribution in [-0.2, 0) is 4.79 Å². The summed E-state index contributed by atoms with van der Waals surface area (Å²) in [5.74, 6) is 1.00. The Balaban J connectivity index is 2.23. The van der Waals surface area contributed by atoms with Crippen LogP contribution in [0.1, 0.15) is 39.5 Å². The summed E-state index contributed by atoms with van der Waals surface area (Å²) in [4.78, 5) is 11.0. The van der Waals surface area contributed by atoms with Gasteiger partial charge >= 0.3 is 0 Å². The second-order valence-corrected chi connectivity index (χ2v) is 3.54. The molecule has 64 valence electrons. The highest BCUT2D eigenvalue weighted by molar-refractivity contribution is 5.75. The Morgan fingerprint density at radius 2 is 2.27 bits per heavy atom. The van der Waals surface area contributed by atoms with E-state index in [1.807, 2.05) is 6.92 Å². The van der Waals surface area contributed by atoms with E-state index in [1.54, 1.807) is 0 Å². The van der Waals surface area contributed by atoms with E-state index in [2.05, 4.69) is 12.2 Å². The lowest BCUT2D eigenvalue weighted by atomic mass is 10.1. The van der Waals surface area contributed by atoms with E-state index in [4.69, 9.17) is 0 Å². The van der Waals surface area contributed by atoms with Crippen LogP contribution < -0.4 is 5.32 Å². The molecule has 0 aromatic heterocycles. The maximum Gasteiger partial charge on any atom is 0.219 e. The van der Waals surface area contributed by atoms with Crippen LogP contribution in [0.3, 0.4) is 0 Å². The van der Waals surface area contributed by atoms with E-state index in [0.29, 0.717) is 12.5 Å². The van der Waals surface area contributed by atoms with Crippen LogP contribution in [0, 0.1) is 5.92 Å². The number of nitrogens with one attached hydrogen (secondary N) is 1. The average molecular weight is 155 g/mol. The van der Waals surface area contributed by atoms with Crippen LogP contribution in [0.5, 0.6) is 0 Å². The number of rotatable bonds is 2. The van der Waals surface area contributed by atoms with Crippen molar-refractivity contribution in [2.75, 3.05) is 0 Å². The third-order valence-corrected chi connectivity index (χ3v) is 2.38. The maximum atomic E-state index is 11.0. The van der Waals surface area contributed by atoms with Gasteiger partial charge < -0.3 is 5.32 Å². The van der Waals surface area contributed by atoms with Crippen molar-refractivity contribution in [3.05, 3.63) is 0 Å². The molecule has 2 heteroatoms. The SMILES string of the molecule is CCC(=O)N[C@@H]1CC[C@@H](C)C1. The van der Waals surface area contributed by atoms with E-state index in [-0.39, 0.29) is 5.91 Å². The standard InChI is InChI=1S/C9H17NO/c1-3-9(11)10-8-5-4-7(2)6-8/h7-8H,3-6H2,1-2H3,(H,10,11)/t7-,8-/m1/s1. The number of hydrogen-bond acceptors (Lipinski definition) is 1. The Morgan fingerprint density at radius 1 is 1.55 bits per heavy atom. The molecule has 1 aliphatic rings. The highest BCUT2D eigenvalue weighted by Gasteiger charge is 2.21. The van der Waals surface area contributed by atoms with Gasteiger partial charge in [-0.25, -0.2) is 0 Å². The fourth-order valence-electron chi connectivity index (χ4n) is 1.67. The quantitative estimate of drug-likeness (QED) is 0.646. The monoisotopic (exact) mass is 155 g/mol. The Hall–Kier alpha value is -0.530. The van der Waals surface area contributed by atoms with Gasteiger partial charge in [-0.1, -0.05) is 13.8 Å². The van der Waals surface area contributed by atoms with Crippen molar-refractivity contribution in [1.82, 2.24) is 5.32 Å². The predicted molar refractivity (Wildman–Crippen MR) is 45.2 cm³/mol. The zero-order valence-corrected chi connectivity index (χ0v) is 7.39. The van der Waals surface area contributed by atoms with Crippen molar-refractivity contribution < 1.29 is 4.79 Å². The highest BCUT2D eigenvalue weighted by Crippen LogP contribution is 2.24. The van der Waals surface area contributed by atoms with Gasteiger partial charge in [0.15, 0.2) is 0 Å². The minimum Gasteiger partial charge on any atom is -0.353 e. The molecule has 0 unspecified atom stereocenters. The predicted octanol–water partition coefficient (Wildman–Crippen LogP) is 1.70. The van der Waals surface area contributed by atoms with Crippen LogP contribution in [-0.4, -0.2) is 11.9 Å². The summed E-state index contributed by atoms with van der Waals surface area (Å²) in [6, 6.07) is 0.470. The summed E-state index contributed by atoms with van der Waals surface area (Å²) in [5.41, 5.74) is 0. The summed E-state index contributed by atoms with van der Waals surface area (Å²) >= 11 is 0. The summed E-state index contributed by atoms with van der Waals surface area (Å²) in [6.45, 7) is 4.14. The largest absolute Gasteiger partial charge is 0.353 e. The van der Waals surface area contributed by atoms with Crippen LogP contribution >= 0.6 is 0 Å². The lowest BCUT2D eigenvalue weighted by Crippen LogP contribution is -2.32. The molecule has 0 spiro atoms. The summed E-state index contributed by atoms with van der Waals surface area (Å²) in [6.07, 6.45) is 4.23. The lowest BCUT2D eigenvalue weighted by Gasteiger charge is -2.10. The topological polar surface area (TPSA) is 29.1 Å². The molecule has 0 aliphatic heterocycles. The number of carbonyl (C=O) groups excluding carboxylic acids is 1. The molecule has 1 fully saturated rings. The first-order valence-electron chi connectivity index (χ1n) is 4.51. The fourth-order valence-corrected chi connectivity index (χ4v) is 1.67. The normalized spacial score (nSPS) is 30.4. The highest BCUT2D eigenvalue weighted by atomic mass is 16.1. The molecule has 0 heterocycles. The Bertz CT molecular complexity index is 144. The lowest BCUT2D eigenvalue weighted by molar-refractivity contribution is -0.121. The molecule has 0 aromatic carbocycles. The van der Waals surface area contributed by atoms with Crippen molar-refractivity contribution >= 4 is 5.91 Å². The molecular formula is C9H17NO. The second kappa shape index (κ2) is 3.74. The van der Waals surface area contributed by atoms with Crippen molar-refractivity contribution in [2.24, 2.45) is 5.92 Å². The Labute approximate surface area is 68.4 Å². The Kier molecular flexibility index (Phi) is 2.92. The third kappa shape index (κ3) is 2.52. The molecule has 1 aliphatic carbocycles. The molecule has 1 rings (SSSR count). The zero-order chi connectivity index (χ0) is 8.27. The molecule has 0 saturated heterocycles. The molecule has 11 heavy (non-hydrogen) atoms. The van der Waals surface area contributed by atoms with Gasteiger partial charge in [0.2, 0.25) is 5.91 Å².